The van der Waals surface area contributed by atoms with Crippen LogP contribution in [0.1, 0.15) is 46.1 Å². The lowest BCUT2D eigenvalue weighted by Gasteiger charge is -2.32. The SMILES string of the molecule is CNC(=O)c1cc(C)nc2onc(C3CCCN(C(=O)Cc4ccc(F)cc4)C3)c12. The van der Waals surface area contributed by atoms with Gasteiger partial charge in [-0.3, -0.25) is 9.59 Å². The number of hydrogen-bond acceptors (Lipinski definition) is 5. The van der Waals surface area contributed by atoms with Crippen molar-refractivity contribution in [3.63, 3.8) is 0 Å². The van der Waals surface area contributed by atoms with Gasteiger partial charge in [-0.2, -0.15) is 0 Å². The van der Waals surface area contributed by atoms with Crippen molar-refractivity contribution in [1.82, 2.24) is 20.4 Å². The molecule has 1 N–H and O–H groups in total. The van der Waals surface area contributed by atoms with Crippen LogP contribution in [0.15, 0.2) is 34.9 Å². The maximum Gasteiger partial charge on any atom is 0.259 e. The van der Waals surface area contributed by atoms with Crippen LogP contribution in [0, 0.1) is 12.7 Å². The van der Waals surface area contributed by atoms with Crippen molar-refractivity contribution >= 4 is 22.9 Å². The molecule has 2 amide bonds. The smallest absolute Gasteiger partial charge is 0.259 e. The molecule has 8 heteroatoms. The van der Waals surface area contributed by atoms with Gasteiger partial charge in [-0.15, -0.1) is 0 Å². The van der Waals surface area contributed by atoms with E-state index in [0.717, 1.165) is 18.4 Å². The molecule has 0 saturated carbocycles. The number of carbonyl (C=O) groups is 2. The summed E-state index contributed by atoms with van der Waals surface area (Å²) >= 11 is 0. The van der Waals surface area contributed by atoms with Gasteiger partial charge in [0.1, 0.15) is 5.82 Å². The molecule has 0 radical (unpaired) electrons. The molecule has 3 aromatic rings. The van der Waals surface area contributed by atoms with Crippen molar-refractivity contribution in [2.45, 2.75) is 32.1 Å². The summed E-state index contributed by atoms with van der Waals surface area (Å²) in [7, 11) is 1.58. The number of piperidine rings is 1. The summed E-state index contributed by atoms with van der Waals surface area (Å²) in [5.74, 6) is -0.613. The van der Waals surface area contributed by atoms with Crippen LogP contribution < -0.4 is 5.32 Å². The van der Waals surface area contributed by atoms with E-state index in [1.165, 1.54) is 12.1 Å². The van der Waals surface area contributed by atoms with Gasteiger partial charge >= 0.3 is 0 Å². The van der Waals surface area contributed by atoms with E-state index in [-0.39, 0.29) is 30.0 Å². The number of halogens is 1. The van der Waals surface area contributed by atoms with E-state index in [1.807, 2.05) is 0 Å². The number of carbonyl (C=O) groups excluding carboxylic acids is 2. The Labute approximate surface area is 173 Å². The standard InChI is InChI=1S/C22H23FN4O3/c1-13-10-17(21(29)24-2)19-20(26-30-22(19)25-13)15-4-3-9-27(12-15)18(28)11-14-5-7-16(23)8-6-14/h5-8,10,15H,3-4,9,11-12H2,1-2H3,(H,24,29). The molecule has 1 aliphatic heterocycles. The van der Waals surface area contributed by atoms with Crippen LogP contribution in [-0.2, 0) is 11.2 Å². The van der Waals surface area contributed by atoms with E-state index in [1.54, 1.807) is 37.1 Å². The summed E-state index contributed by atoms with van der Waals surface area (Å²) in [6.07, 6.45) is 1.88. The molecule has 156 valence electrons. The van der Waals surface area contributed by atoms with Crippen molar-refractivity contribution in [3.05, 3.63) is 58.7 Å². The Bertz CT molecular complexity index is 1090. The summed E-state index contributed by atoms with van der Waals surface area (Å²) in [6.45, 7) is 2.94. The number of nitrogens with zero attached hydrogens (tertiary/aromatic N) is 3. The highest BCUT2D eigenvalue weighted by atomic mass is 19.1. The second kappa shape index (κ2) is 8.22. The van der Waals surface area contributed by atoms with E-state index in [0.29, 0.717) is 41.1 Å². The van der Waals surface area contributed by atoms with Gasteiger partial charge in [-0.1, -0.05) is 17.3 Å². The largest absolute Gasteiger partial charge is 0.355 e. The van der Waals surface area contributed by atoms with Gasteiger partial charge in [-0.25, -0.2) is 9.37 Å². The fourth-order valence-electron chi connectivity index (χ4n) is 4.00. The first-order chi connectivity index (χ1) is 14.5. The van der Waals surface area contributed by atoms with Gasteiger partial charge < -0.3 is 14.7 Å². The van der Waals surface area contributed by atoms with E-state index >= 15 is 0 Å². The minimum Gasteiger partial charge on any atom is -0.355 e. The van der Waals surface area contributed by atoms with E-state index in [2.05, 4.69) is 15.5 Å². The van der Waals surface area contributed by atoms with Gasteiger partial charge in [0.25, 0.3) is 11.6 Å². The van der Waals surface area contributed by atoms with Crippen LogP contribution in [0.25, 0.3) is 11.1 Å². The molecule has 1 aromatic carbocycles. The number of amides is 2. The summed E-state index contributed by atoms with van der Waals surface area (Å²) in [5.41, 5.74) is 2.92. The fraction of sp³-hybridized carbons (Fsp3) is 0.364. The first kappa shape index (κ1) is 20.0. The van der Waals surface area contributed by atoms with Crippen LogP contribution in [0.5, 0.6) is 0 Å². The number of aryl methyl sites for hydroxylation is 1. The molecule has 0 spiro atoms. The molecule has 0 aliphatic carbocycles. The van der Waals surface area contributed by atoms with Crippen molar-refractivity contribution in [2.75, 3.05) is 20.1 Å². The summed E-state index contributed by atoms with van der Waals surface area (Å²) in [4.78, 5) is 31.4. The van der Waals surface area contributed by atoms with Crippen LogP contribution in [0.3, 0.4) is 0 Å². The van der Waals surface area contributed by atoms with Crippen molar-refractivity contribution < 1.29 is 18.5 Å². The zero-order valence-electron chi connectivity index (χ0n) is 16.9. The quantitative estimate of drug-likeness (QED) is 0.714. The predicted octanol–water partition coefficient (Wildman–Crippen LogP) is 2.98. The van der Waals surface area contributed by atoms with E-state index in [4.69, 9.17) is 4.52 Å². The monoisotopic (exact) mass is 410 g/mol. The maximum absolute atomic E-state index is 13.1. The highest BCUT2D eigenvalue weighted by molar-refractivity contribution is 6.06. The molecule has 1 saturated heterocycles. The molecular formula is C22H23FN4O3. The number of fused-ring (bicyclic) bond motifs is 1. The molecule has 2 aromatic heterocycles. The normalized spacial score (nSPS) is 16.6. The number of aromatic nitrogens is 2. The lowest BCUT2D eigenvalue weighted by Crippen LogP contribution is -2.40. The molecule has 30 heavy (non-hydrogen) atoms. The summed E-state index contributed by atoms with van der Waals surface area (Å²) < 4.78 is 18.6. The first-order valence-electron chi connectivity index (χ1n) is 9.97. The van der Waals surface area contributed by atoms with Crippen LogP contribution in [-0.4, -0.2) is 47.0 Å². The molecule has 3 heterocycles. The molecule has 4 rings (SSSR count). The van der Waals surface area contributed by atoms with Gasteiger partial charge in [-0.05, 0) is 43.5 Å². The molecular weight excluding hydrogens is 387 g/mol. The molecule has 0 bridgehead atoms. The van der Waals surface area contributed by atoms with Gasteiger partial charge in [0.2, 0.25) is 5.91 Å². The first-order valence-corrected chi connectivity index (χ1v) is 9.97. The third kappa shape index (κ3) is 3.90. The van der Waals surface area contributed by atoms with Crippen LogP contribution in [0.4, 0.5) is 4.39 Å². The van der Waals surface area contributed by atoms with Crippen LogP contribution >= 0.6 is 0 Å². The lowest BCUT2D eigenvalue weighted by molar-refractivity contribution is -0.131. The number of nitrogens with one attached hydrogen (secondary N) is 1. The number of rotatable bonds is 4. The van der Waals surface area contributed by atoms with Gasteiger partial charge in [0.05, 0.1) is 23.1 Å². The van der Waals surface area contributed by atoms with Crippen molar-refractivity contribution in [1.29, 1.82) is 0 Å². The third-order valence-corrected chi connectivity index (χ3v) is 5.50. The zero-order valence-corrected chi connectivity index (χ0v) is 16.9. The Morgan fingerprint density at radius 1 is 1.30 bits per heavy atom. The fourth-order valence-corrected chi connectivity index (χ4v) is 4.00. The molecule has 1 aliphatic rings. The average Bonchev–Trinajstić information content (AvgIpc) is 3.18. The summed E-state index contributed by atoms with van der Waals surface area (Å²) in [6, 6.07) is 7.70. The third-order valence-electron chi connectivity index (χ3n) is 5.50. The number of pyridine rings is 1. The van der Waals surface area contributed by atoms with Crippen LogP contribution in [0.2, 0.25) is 0 Å². The maximum atomic E-state index is 13.1. The van der Waals surface area contributed by atoms with Crippen molar-refractivity contribution in [2.24, 2.45) is 0 Å². The minimum absolute atomic E-state index is 0.0143. The Morgan fingerprint density at radius 3 is 2.80 bits per heavy atom. The second-order valence-corrected chi connectivity index (χ2v) is 7.62. The Hall–Kier alpha value is -3.29. The van der Waals surface area contributed by atoms with Crippen molar-refractivity contribution in [3.8, 4) is 0 Å². The number of likely N-dealkylation sites (tertiary alicyclic amines) is 1. The Morgan fingerprint density at radius 2 is 2.07 bits per heavy atom. The lowest BCUT2D eigenvalue weighted by atomic mass is 9.91. The molecule has 1 atom stereocenters. The molecule has 1 unspecified atom stereocenters. The highest BCUT2D eigenvalue weighted by Gasteiger charge is 2.30. The van der Waals surface area contributed by atoms with Gasteiger partial charge in [0.15, 0.2) is 0 Å². The molecule has 1 fully saturated rings. The number of benzene rings is 1. The Kier molecular flexibility index (Phi) is 5.48. The van der Waals surface area contributed by atoms with E-state index in [9.17, 15) is 14.0 Å². The molecule has 7 nitrogen and oxygen atoms in total. The topological polar surface area (TPSA) is 88.3 Å². The predicted molar refractivity (Wildman–Crippen MR) is 109 cm³/mol. The zero-order chi connectivity index (χ0) is 21.3. The minimum atomic E-state index is -0.321. The van der Waals surface area contributed by atoms with Gasteiger partial charge in [0, 0.05) is 31.7 Å². The second-order valence-electron chi connectivity index (χ2n) is 7.62. The Balaban J connectivity index is 1.59. The number of hydrogen-bond donors (Lipinski definition) is 1. The van der Waals surface area contributed by atoms with E-state index < -0.39 is 0 Å². The highest BCUT2D eigenvalue weighted by Crippen LogP contribution is 2.33. The summed E-state index contributed by atoms with van der Waals surface area (Å²) in [5, 5.41) is 7.49. The average molecular weight is 410 g/mol.